The molecule has 8 unspecified atom stereocenters. The molecule has 4 aliphatic rings. The molecule has 4 aliphatic carbocycles. The Kier molecular flexibility index (Phi) is 15.9. The van der Waals surface area contributed by atoms with Crippen LogP contribution in [0.5, 0.6) is 0 Å². The van der Waals surface area contributed by atoms with Gasteiger partial charge in [0.25, 0.3) is 0 Å². The zero-order valence-electron chi connectivity index (χ0n) is 30.2. The fraction of sp³-hybridized carbons (Fsp3) is 0.811. The van der Waals surface area contributed by atoms with Gasteiger partial charge >= 0.3 is 41.8 Å². The van der Waals surface area contributed by atoms with Crippen molar-refractivity contribution in [1.82, 2.24) is 0 Å². The van der Waals surface area contributed by atoms with Gasteiger partial charge < -0.3 is 44.1 Å². The van der Waals surface area contributed by atoms with Gasteiger partial charge in [0.1, 0.15) is 26.6 Å². The van der Waals surface area contributed by atoms with Crippen LogP contribution in [-0.2, 0) is 57.2 Å². The van der Waals surface area contributed by atoms with Crippen LogP contribution in [-0.4, -0.2) is 102 Å². The summed E-state index contributed by atoms with van der Waals surface area (Å²) in [7, 11) is 0. The SMILES string of the molecule is O=C(O)C1CCCC(OCOCC(COC(=O)C2CCCCC2C(=O)O)(COC(=O)C2CCCCC2C(=O)O)COC(=O)C2CCCCC2C(=O)O)C1. The highest BCUT2D eigenvalue weighted by Crippen LogP contribution is 2.36. The third kappa shape index (κ3) is 11.8. The van der Waals surface area contributed by atoms with Gasteiger partial charge in [0.05, 0.1) is 59.6 Å². The Balaban J connectivity index is 1.56. The van der Waals surface area contributed by atoms with E-state index < -0.39 is 115 Å². The second-order valence-corrected chi connectivity index (χ2v) is 15.3. The summed E-state index contributed by atoms with van der Waals surface area (Å²) in [6.07, 6.45) is 7.12. The maximum Gasteiger partial charge on any atom is 0.309 e. The van der Waals surface area contributed by atoms with E-state index in [9.17, 15) is 54.0 Å². The maximum absolute atomic E-state index is 13.4. The number of hydrogen-bond acceptors (Lipinski definition) is 12. The molecule has 4 saturated carbocycles. The van der Waals surface area contributed by atoms with Gasteiger partial charge in [0.2, 0.25) is 0 Å². The molecule has 0 aromatic carbocycles. The molecule has 4 rings (SSSR count). The second-order valence-electron chi connectivity index (χ2n) is 15.3. The molecular weight excluding hydrogens is 700 g/mol. The third-order valence-electron chi connectivity index (χ3n) is 11.5. The zero-order valence-corrected chi connectivity index (χ0v) is 30.2. The van der Waals surface area contributed by atoms with E-state index in [1.165, 1.54) is 0 Å². The molecule has 53 heavy (non-hydrogen) atoms. The van der Waals surface area contributed by atoms with Crippen LogP contribution in [0.25, 0.3) is 0 Å². The Morgan fingerprint density at radius 1 is 0.453 bits per heavy atom. The van der Waals surface area contributed by atoms with E-state index in [-0.39, 0.29) is 58.3 Å². The number of hydrogen-bond donors (Lipinski definition) is 4. The maximum atomic E-state index is 13.4. The van der Waals surface area contributed by atoms with Crippen molar-refractivity contribution in [3.8, 4) is 0 Å². The second kappa shape index (κ2) is 20.0. The van der Waals surface area contributed by atoms with Gasteiger partial charge in [-0.2, -0.15) is 0 Å². The van der Waals surface area contributed by atoms with E-state index in [1.54, 1.807) is 0 Å². The van der Waals surface area contributed by atoms with Gasteiger partial charge in [-0.25, -0.2) is 0 Å². The molecule has 16 heteroatoms. The first-order valence-corrected chi connectivity index (χ1v) is 18.9. The Labute approximate surface area is 308 Å². The fourth-order valence-corrected chi connectivity index (χ4v) is 8.29. The van der Waals surface area contributed by atoms with E-state index in [2.05, 4.69) is 0 Å². The summed E-state index contributed by atoms with van der Waals surface area (Å²) in [6.45, 7) is -2.39. The summed E-state index contributed by atoms with van der Waals surface area (Å²) in [4.78, 5) is 87.8. The number of ether oxygens (including phenoxy) is 5. The van der Waals surface area contributed by atoms with Crippen LogP contribution in [0.2, 0.25) is 0 Å². The van der Waals surface area contributed by atoms with E-state index in [0.29, 0.717) is 57.8 Å². The third-order valence-corrected chi connectivity index (χ3v) is 11.5. The van der Waals surface area contributed by atoms with Gasteiger partial charge in [0, 0.05) is 0 Å². The Hall–Kier alpha value is -3.79. The van der Waals surface area contributed by atoms with Crippen LogP contribution in [0, 0.1) is 46.8 Å². The molecule has 0 amide bonds. The minimum atomic E-state index is -1.60. The molecule has 0 bridgehead atoms. The van der Waals surface area contributed by atoms with Crippen LogP contribution in [0.1, 0.15) is 103 Å². The number of carbonyl (C=O) groups excluding carboxylic acids is 3. The van der Waals surface area contributed by atoms with Crippen LogP contribution in [0.15, 0.2) is 0 Å². The molecular formula is C37H54O16. The first-order chi connectivity index (χ1) is 25.3. The van der Waals surface area contributed by atoms with E-state index in [4.69, 9.17) is 23.7 Å². The van der Waals surface area contributed by atoms with Gasteiger partial charge in [-0.1, -0.05) is 44.9 Å². The van der Waals surface area contributed by atoms with Crippen molar-refractivity contribution in [1.29, 1.82) is 0 Å². The predicted octanol–water partition coefficient (Wildman–Crippen LogP) is 3.91. The van der Waals surface area contributed by atoms with Crippen LogP contribution >= 0.6 is 0 Å². The van der Waals surface area contributed by atoms with Crippen molar-refractivity contribution in [2.75, 3.05) is 33.2 Å². The molecule has 0 spiro atoms. The molecule has 0 aromatic rings. The molecule has 0 saturated heterocycles. The first kappa shape index (κ1) is 42.0. The standard InChI is InChI=1S/C37H54O16/c38-30(39)22-8-7-9-23(16-22)53-21-49-17-37(18-50-34(46)27-13-4-1-10-24(27)31(40)41,19-51-35(47)28-14-5-2-11-25(28)32(42)43)20-52-36(48)29-15-6-3-12-26(29)33(44)45/h22-29H,1-21H2,(H,38,39)(H,40,41)(H,42,43)(H,44,45). The Morgan fingerprint density at radius 3 is 1.19 bits per heavy atom. The summed E-state index contributed by atoms with van der Waals surface area (Å²) in [5.41, 5.74) is -1.60. The Morgan fingerprint density at radius 2 is 0.830 bits per heavy atom. The van der Waals surface area contributed by atoms with E-state index in [0.717, 1.165) is 0 Å². The largest absolute Gasteiger partial charge is 0.481 e. The molecule has 16 nitrogen and oxygen atoms in total. The summed E-state index contributed by atoms with van der Waals surface area (Å²) in [5.74, 6) is -13.0. The molecule has 0 heterocycles. The number of carboxylic acid groups (broad SMARTS) is 4. The lowest BCUT2D eigenvalue weighted by molar-refractivity contribution is -0.186. The average Bonchev–Trinajstić information content (AvgIpc) is 3.16. The average molecular weight is 755 g/mol. The van der Waals surface area contributed by atoms with Crippen molar-refractivity contribution in [3.63, 3.8) is 0 Å². The quantitative estimate of drug-likeness (QED) is 0.0670. The lowest BCUT2D eigenvalue weighted by atomic mass is 9.79. The topological polar surface area (TPSA) is 247 Å². The lowest BCUT2D eigenvalue weighted by Crippen LogP contribution is -2.46. The molecule has 0 aliphatic heterocycles. The van der Waals surface area contributed by atoms with Crippen LogP contribution < -0.4 is 0 Å². The molecule has 0 radical (unpaired) electrons. The van der Waals surface area contributed by atoms with Gasteiger partial charge in [-0.15, -0.1) is 0 Å². The molecule has 0 aromatic heterocycles. The number of carbonyl (C=O) groups is 7. The highest BCUT2D eigenvalue weighted by atomic mass is 16.7. The molecule has 4 N–H and O–H groups in total. The highest BCUT2D eigenvalue weighted by molar-refractivity contribution is 5.83. The summed E-state index contributed by atoms with van der Waals surface area (Å²) in [6, 6.07) is 0. The van der Waals surface area contributed by atoms with Gasteiger partial charge in [-0.05, 0) is 57.8 Å². The molecule has 298 valence electrons. The van der Waals surface area contributed by atoms with Gasteiger partial charge in [0.15, 0.2) is 0 Å². The van der Waals surface area contributed by atoms with Crippen molar-refractivity contribution in [2.24, 2.45) is 46.8 Å². The Bertz CT molecular complexity index is 1190. The summed E-state index contributed by atoms with van der Waals surface area (Å²) >= 11 is 0. The normalized spacial score (nSPS) is 30.2. The summed E-state index contributed by atoms with van der Waals surface area (Å²) < 4.78 is 28.9. The zero-order chi connectivity index (χ0) is 38.5. The van der Waals surface area contributed by atoms with Crippen molar-refractivity contribution < 1.29 is 77.7 Å². The molecule has 8 atom stereocenters. The van der Waals surface area contributed by atoms with E-state index >= 15 is 0 Å². The van der Waals surface area contributed by atoms with Crippen LogP contribution in [0.4, 0.5) is 0 Å². The molecule has 4 fully saturated rings. The van der Waals surface area contributed by atoms with Crippen molar-refractivity contribution >= 4 is 41.8 Å². The number of esters is 3. The number of rotatable bonds is 18. The number of aliphatic carboxylic acids is 4. The van der Waals surface area contributed by atoms with Crippen molar-refractivity contribution in [2.45, 2.75) is 109 Å². The lowest BCUT2D eigenvalue weighted by Gasteiger charge is -2.35. The monoisotopic (exact) mass is 754 g/mol. The smallest absolute Gasteiger partial charge is 0.309 e. The number of carboxylic acids is 4. The first-order valence-electron chi connectivity index (χ1n) is 18.9. The minimum Gasteiger partial charge on any atom is -0.481 e. The van der Waals surface area contributed by atoms with Crippen molar-refractivity contribution in [3.05, 3.63) is 0 Å². The van der Waals surface area contributed by atoms with Gasteiger partial charge in [-0.3, -0.25) is 33.6 Å². The van der Waals surface area contributed by atoms with E-state index in [1.807, 2.05) is 0 Å². The highest BCUT2D eigenvalue weighted by Gasteiger charge is 2.44. The predicted molar refractivity (Wildman–Crippen MR) is 180 cm³/mol. The van der Waals surface area contributed by atoms with Crippen LogP contribution in [0.3, 0.4) is 0 Å². The fourth-order valence-electron chi connectivity index (χ4n) is 8.29. The minimum absolute atomic E-state index is 0.279. The summed E-state index contributed by atoms with van der Waals surface area (Å²) in [5, 5.41) is 38.8.